The van der Waals surface area contributed by atoms with E-state index in [4.69, 9.17) is 0 Å². The Morgan fingerprint density at radius 3 is 2.65 bits per heavy atom. The zero-order valence-electron chi connectivity index (χ0n) is 16.2. The number of H-pyrrole nitrogens is 1. The van der Waals surface area contributed by atoms with E-state index in [1.807, 2.05) is 0 Å². The van der Waals surface area contributed by atoms with Gasteiger partial charge in [0.25, 0.3) is 22.9 Å². The summed E-state index contributed by atoms with van der Waals surface area (Å²) < 4.78 is 14.6. The number of aromatic amines is 1. The smallest absolute Gasteiger partial charge is 0.274 e. The molecule has 2 heterocycles. The first-order chi connectivity index (χ1) is 14.8. The number of fused-ring (bicyclic) bond motifs is 1. The van der Waals surface area contributed by atoms with Gasteiger partial charge in [-0.3, -0.25) is 24.8 Å². The van der Waals surface area contributed by atoms with Crippen molar-refractivity contribution >= 4 is 23.1 Å². The SMILES string of the molecule is Cc1cc(=O)n2[nH]c(CN(C(=O)c3cccc([N+](=O)[O-])c3)c3ccc(F)cc3)nc2n1. The minimum absolute atomic E-state index is 0.0702. The van der Waals surface area contributed by atoms with E-state index in [1.54, 1.807) is 6.92 Å². The number of nitrogens with one attached hydrogen (secondary N) is 1. The Labute approximate surface area is 173 Å². The standard InChI is InChI=1S/C20H15FN6O4/c1-12-9-18(28)26-20(22-12)23-17(24-26)11-25(15-7-5-14(21)6-8-15)19(29)13-3-2-4-16(10-13)27(30)31/h2-10H,11H2,1H3,(H,22,23,24). The fourth-order valence-electron chi connectivity index (χ4n) is 3.07. The fourth-order valence-corrected chi connectivity index (χ4v) is 3.07. The molecule has 0 fully saturated rings. The van der Waals surface area contributed by atoms with Crippen LogP contribution in [-0.2, 0) is 6.54 Å². The van der Waals surface area contributed by atoms with Gasteiger partial charge in [0.05, 0.1) is 11.5 Å². The van der Waals surface area contributed by atoms with Crippen molar-refractivity contribution in [2.45, 2.75) is 13.5 Å². The molecule has 1 N–H and O–H groups in total. The quantitative estimate of drug-likeness (QED) is 0.389. The lowest BCUT2D eigenvalue weighted by atomic mass is 10.1. The van der Waals surface area contributed by atoms with E-state index in [9.17, 15) is 24.1 Å². The Morgan fingerprint density at radius 1 is 1.19 bits per heavy atom. The largest absolute Gasteiger partial charge is 0.301 e. The van der Waals surface area contributed by atoms with Crippen LogP contribution in [0.1, 0.15) is 21.9 Å². The predicted molar refractivity (Wildman–Crippen MR) is 108 cm³/mol. The minimum atomic E-state index is -0.599. The molecule has 0 atom stereocenters. The first-order valence-corrected chi connectivity index (χ1v) is 9.09. The number of non-ortho nitro benzene ring substituents is 1. The van der Waals surface area contributed by atoms with Gasteiger partial charge in [0.15, 0.2) is 0 Å². The van der Waals surface area contributed by atoms with Crippen LogP contribution in [-0.4, -0.2) is 30.4 Å². The molecule has 0 aliphatic heterocycles. The van der Waals surface area contributed by atoms with Gasteiger partial charge in [-0.2, -0.15) is 9.50 Å². The third kappa shape index (κ3) is 4.01. The number of rotatable bonds is 5. The van der Waals surface area contributed by atoms with Crippen molar-refractivity contribution in [3.63, 3.8) is 0 Å². The second kappa shape index (κ2) is 7.78. The van der Waals surface area contributed by atoms with Crippen LogP contribution in [0.4, 0.5) is 15.8 Å². The maximum absolute atomic E-state index is 13.4. The lowest BCUT2D eigenvalue weighted by Crippen LogP contribution is -2.31. The normalized spacial score (nSPS) is 10.9. The predicted octanol–water partition coefficient (Wildman–Crippen LogP) is 2.62. The molecular formula is C20H15FN6O4. The Kier molecular flexibility index (Phi) is 4.99. The first kappa shape index (κ1) is 19.9. The van der Waals surface area contributed by atoms with Crippen LogP contribution >= 0.6 is 0 Å². The van der Waals surface area contributed by atoms with Crippen LogP contribution in [0.3, 0.4) is 0 Å². The summed E-state index contributed by atoms with van der Waals surface area (Å²) in [7, 11) is 0. The molecule has 1 amide bonds. The Bertz CT molecular complexity index is 1360. The van der Waals surface area contributed by atoms with E-state index >= 15 is 0 Å². The van der Waals surface area contributed by atoms with Crippen molar-refractivity contribution in [1.82, 2.24) is 19.6 Å². The van der Waals surface area contributed by atoms with Gasteiger partial charge >= 0.3 is 0 Å². The highest BCUT2D eigenvalue weighted by Crippen LogP contribution is 2.22. The molecule has 0 bridgehead atoms. The monoisotopic (exact) mass is 422 g/mol. The van der Waals surface area contributed by atoms with Crippen molar-refractivity contribution < 1.29 is 14.1 Å². The highest BCUT2D eigenvalue weighted by molar-refractivity contribution is 6.06. The molecule has 0 aliphatic rings. The van der Waals surface area contributed by atoms with Crippen molar-refractivity contribution in [2.24, 2.45) is 0 Å². The Morgan fingerprint density at radius 2 is 1.94 bits per heavy atom. The van der Waals surface area contributed by atoms with Gasteiger partial charge in [-0.25, -0.2) is 9.37 Å². The van der Waals surface area contributed by atoms with Gasteiger partial charge in [-0.05, 0) is 37.3 Å². The average Bonchev–Trinajstić information content (AvgIpc) is 3.15. The number of carbonyl (C=O) groups is 1. The highest BCUT2D eigenvalue weighted by Gasteiger charge is 2.22. The van der Waals surface area contributed by atoms with E-state index in [2.05, 4.69) is 15.1 Å². The number of nitro groups is 1. The molecule has 10 nitrogen and oxygen atoms in total. The van der Waals surface area contributed by atoms with E-state index in [-0.39, 0.29) is 35.0 Å². The summed E-state index contributed by atoms with van der Waals surface area (Å²) in [6.45, 7) is 1.54. The highest BCUT2D eigenvalue weighted by atomic mass is 19.1. The zero-order valence-corrected chi connectivity index (χ0v) is 16.2. The van der Waals surface area contributed by atoms with Crippen LogP contribution in [0.15, 0.2) is 59.4 Å². The number of anilines is 1. The number of aryl methyl sites for hydroxylation is 1. The number of halogens is 1. The van der Waals surface area contributed by atoms with Gasteiger partial charge in [-0.1, -0.05) is 6.07 Å². The summed E-state index contributed by atoms with van der Waals surface area (Å²) in [5, 5.41) is 13.9. The molecule has 0 saturated heterocycles. The maximum Gasteiger partial charge on any atom is 0.274 e. The molecule has 2 aromatic carbocycles. The summed E-state index contributed by atoms with van der Waals surface area (Å²) >= 11 is 0. The fraction of sp³-hybridized carbons (Fsp3) is 0.100. The van der Waals surface area contributed by atoms with Gasteiger partial charge in [0.2, 0.25) is 0 Å². The lowest BCUT2D eigenvalue weighted by Gasteiger charge is -2.22. The Balaban J connectivity index is 1.76. The van der Waals surface area contributed by atoms with Gasteiger partial charge in [0.1, 0.15) is 11.6 Å². The summed E-state index contributed by atoms with van der Waals surface area (Å²) in [6.07, 6.45) is 0. The number of hydrogen-bond donors (Lipinski definition) is 1. The van der Waals surface area contributed by atoms with Crippen molar-refractivity contribution in [3.05, 3.63) is 98.0 Å². The van der Waals surface area contributed by atoms with E-state index < -0.39 is 16.6 Å². The van der Waals surface area contributed by atoms with Gasteiger partial charge < -0.3 is 4.90 Å². The molecule has 4 aromatic rings. The second-order valence-corrected chi connectivity index (χ2v) is 6.72. The molecule has 156 valence electrons. The van der Waals surface area contributed by atoms with Gasteiger partial charge in [0, 0.05) is 35.1 Å². The second-order valence-electron chi connectivity index (χ2n) is 6.72. The molecule has 0 unspecified atom stereocenters. The number of nitro benzene ring substituents is 1. The summed E-state index contributed by atoms with van der Waals surface area (Å²) in [4.78, 5) is 45.6. The van der Waals surface area contributed by atoms with E-state index in [1.165, 1.54) is 53.4 Å². The third-order valence-electron chi connectivity index (χ3n) is 4.50. The molecule has 31 heavy (non-hydrogen) atoms. The van der Waals surface area contributed by atoms with E-state index in [0.29, 0.717) is 11.4 Å². The number of benzene rings is 2. The number of carbonyl (C=O) groups excluding carboxylic acids is 1. The van der Waals surface area contributed by atoms with Crippen LogP contribution in [0.2, 0.25) is 0 Å². The lowest BCUT2D eigenvalue weighted by molar-refractivity contribution is -0.384. The zero-order chi connectivity index (χ0) is 22.1. The molecule has 0 saturated carbocycles. The molecule has 2 aromatic heterocycles. The van der Waals surface area contributed by atoms with Crippen LogP contribution < -0.4 is 10.5 Å². The number of amides is 1. The van der Waals surface area contributed by atoms with Crippen molar-refractivity contribution in [3.8, 4) is 0 Å². The first-order valence-electron chi connectivity index (χ1n) is 9.09. The van der Waals surface area contributed by atoms with Crippen molar-refractivity contribution in [2.75, 3.05) is 4.90 Å². The van der Waals surface area contributed by atoms with E-state index in [0.717, 1.165) is 10.6 Å². The third-order valence-corrected chi connectivity index (χ3v) is 4.50. The van der Waals surface area contributed by atoms with Crippen molar-refractivity contribution in [1.29, 1.82) is 0 Å². The average molecular weight is 422 g/mol. The molecule has 0 spiro atoms. The number of aromatic nitrogens is 4. The van der Waals surface area contributed by atoms with Gasteiger partial charge in [-0.15, -0.1) is 0 Å². The number of hydrogen-bond acceptors (Lipinski definition) is 6. The maximum atomic E-state index is 13.4. The van der Waals surface area contributed by atoms with Crippen LogP contribution in [0, 0.1) is 22.9 Å². The van der Waals surface area contributed by atoms with Crippen LogP contribution in [0.25, 0.3) is 5.78 Å². The molecule has 0 aliphatic carbocycles. The summed E-state index contributed by atoms with van der Waals surface area (Å²) in [5.41, 5.74) is 0.307. The molecule has 4 rings (SSSR count). The minimum Gasteiger partial charge on any atom is -0.301 e. The van der Waals surface area contributed by atoms with Crippen LogP contribution in [0.5, 0.6) is 0 Å². The summed E-state index contributed by atoms with van der Waals surface area (Å²) in [6, 6.07) is 11.8. The number of nitrogens with zero attached hydrogens (tertiary/aromatic N) is 5. The Hall–Kier alpha value is -4.41. The summed E-state index contributed by atoms with van der Waals surface area (Å²) in [5.74, 6) is -0.658. The molecular weight excluding hydrogens is 407 g/mol. The molecule has 0 radical (unpaired) electrons. The topological polar surface area (TPSA) is 126 Å². The molecule has 11 heteroatoms.